The molecule has 7 nitrogen and oxygen atoms in total. The molecule has 3 N–H and O–H groups in total. The summed E-state index contributed by atoms with van der Waals surface area (Å²) in [6, 6.07) is 13.1. The minimum Gasteiger partial charge on any atom is -0.488 e. The first kappa shape index (κ1) is 22.5. The average molecular weight is 451 g/mol. The molecule has 2 aromatic carbocycles. The topological polar surface area (TPSA) is 97.6 Å². The molecule has 0 radical (unpaired) electrons. The number of ether oxygens (including phenoxy) is 4. The van der Waals surface area contributed by atoms with Crippen LogP contribution in [0.2, 0.25) is 5.02 Å². The fourth-order valence-electron chi connectivity index (χ4n) is 3.93. The Morgan fingerprint density at radius 1 is 1.03 bits per heavy atom. The van der Waals surface area contributed by atoms with E-state index in [1.54, 1.807) is 12.1 Å². The SMILES string of the molecule is CO[C@H]1O[C@H](c2ccc(Cl)c(Cc3ccc(O[C@H]4CCOC4)cc3)c2)[C@H](O)[C@@H](O)[C@@H]1O. The van der Waals surface area contributed by atoms with Gasteiger partial charge in [0.1, 0.15) is 36.3 Å². The molecule has 0 saturated carbocycles. The quantitative estimate of drug-likeness (QED) is 0.620. The van der Waals surface area contributed by atoms with Crippen LogP contribution in [0.5, 0.6) is 5.75 Å². The molecule has 168 valence electrons. The van der Waals surface area contributed by atoms with Gasteiger partial charge >= 0.3 is 0 Å². The van der Waals surface area contributed by atoms with E-state index >= 15 is 0 Å². The first-order chi connectivity index (χ1) is 15.0. The molecule has 2 aliphatic heterocycles. The van der Waals surface area contributed by atoms with Crippen LogP contribution in [0.4, 0.5) is 0 Å². The molecule has 2 aromatic rings. The van der Waals surface area contributed by atoms with Crippen molar-refractivity contribution in [2.24, 2.45) is 0 Å². The fraction of sp³-hybridized carbons (Fsp3) is 0.478. The molecule has 0 spiro atoms. The molecule has 6 atom stereocenters. The normalized spacial score (nSPS) is 31.0. The summed E-state index contributed by atoms with van der Waals surface area (Å²) in [6.07, 6.45) is -4.35. The lowest BCUT2D eigenvalue weighted by Gasteiger charge is -2.40. The highest BCUT2D eigenvalue weighted by Gasteiger charge is 2.44. The molecular weight excluding hydrogens is 424 g/mol. The van der Waals surface area contributed by atoms with Gasteiger partial charge in [0.15, 0.2) is 6.29 Å². The summed E-state index contributed by atoms with van der Waals surface area (Å²) in [5.41, 5.74) is 2.54. The second kappa shape index (κ2) is 9.83. The third kappa shape index (κ3) is 5.04. The molecule has 0 amide bonds. The summed E-state index contributed by atoms with van der Waals surface area (Å²) in [6.45, 7) is 1.35. The van der Waals surface area contributed by atoms with E-state index in [2.05, 4.69) is 0 Å². The summed E-state index contributed by atoms with van der Waals surface area (Å²) < 4.78 is 22.0. The number of rotatable bonds is 6. The average Bonchev–Trinajstić information content (AvgIpc) is 3.28. The highest BCUT2D eigenvalue weighted by Crippen LogP contribution is 2.34. The summed E-state index contributed by atoms with van der Waals surface area (Å²) in [7, 11) is 1.37. The van der Waals surface area contributed by atoms with Crippen molar-refractivity contribution in [2.45, 2.75) is 49.7 Å². The Kier molecular flexibility index (Phi) is 7.13. The number of methoxy groups -OCH3 is 1. The highest BCUT2D eigenvalue weighted by atomic mass is 35.5. The van der Waals surface area contributed by atoms with Gasteiger partial charge in [-0.15, -0.1) is 0 Å². The van der Waals surface area contributed by atoms with Crippen molar-refractivity contribution in [3.63, 3.8) is 0 Å². The number of benzene rings is 2. The van der Waals surface area contributed by atoms with E-state index < -0.39 is 30.7 Å². The smallest absolute Gasteiger partial charge is 0.186 e. The molecule has 0 unspecified atom stereocenters. The zero-order chi connectivity index (χ0) is 22.0. The van der Waals surface area contributed by atoms with Gasteiger partial charge in [-0.3, -0.25) is 0 Å². The van der Waals surface area contributed by atoms with Crippen LogP contribution >= 0.6 is 11.6 Å². The number of aliphatic hydroxyl groups excluding tert-OH is 3. The highest BCUT2D eigenvalue weighted by molar-refractivity contribution is 6.31. The second-order valence-corrected chi connectivity index (χ2v) is 8.31. The molecule has 2 heterocycles. The standard InChI is InChI=1S/C23H27ClO7/c1-28-23-21(27)19(25)20(26)22(31-23)14-4-7-18(24)15(11-14)10-13-2-5-16(6-3-13)30-17-8-9-29-12-17/h2-7,11,17,19-23,25-27H,8-10,12H2,1H3/t17-,19+,20+,21-,22+,23-/m0/s1. The Balaban J connectivity index is 1.49. The third-order valence-corrected chi connectivity index (χ3v) is 6.08. The number of aliphatic hydroxyl groups is 3. The van der Waals surface area contributed by atoms with E-state index in [1.807, 2.05) is 30.3 Å². The van der Waals surface area contributed by atoms with Gasteiger partial charge in [-0.25, -0.2) is 0 Å². The Morgan fingerprint density at radius 3 is 2.48 bits per heavy atom. The molecule has 0 bridgehead atoms. The predicted octanol–water partition coefficient (Wildman–Crippen LogP) is 2.23. The monoisotopic (exact) mass is 450 g/mol. The molecule has 2 aliphatic rings. The van der Waals surface area contributed by atoms with Crippen molar-refractivity contribution in [3.8, 4) is 5.75 Å². The largest absolute Gasteiger partial charge is 0.488 e. The Labute approximate surface area is 186 Å². The lowest BCUT2D eigenvalue weighted by molar-refractivity contribution is -0.292. The van der Waals surface area contributed by atoms with Crippen LogP contribution in [0.1, 0.15) is 29.2 Å². The van der Waals surface area contributed by atoms with Crippen molar-refractivity contribution in [2.75, 3.05) is 20.3 Å². The van der Waals surface area contributed by atoms with Gasteiger partial charge in [0, 0.05) is 18.6 Å². The number of hydrogen-bond donors (Lipinski definition) is 3. The minimum absolute atomic E-state index is 0.101. The van der Waals surface area contributed by atoms with E-state index in [0.717, 1.165) is 29.9 Å². The molecule has 2 fully saturated rings. The van der Waals surface area contributed by atoms with E-state index in [0.29, 0.717) is 23.6 Å². The van der Waals surface area contributed by atoms with Crippen molar-refractivity contribution in [1.82, 2.24) is 0 Å². The van der Waals surface area contributed by atoms with Gasteiger partial charge < -0.3 is 34.3 Å². The second-order valence-electron chi connectivity index (χ2n) is 7.91. The van der Waals surface area contributed by atoms with Gasteiger partial charge in [-0.05, 0) is 41.3 Å². The molecule has 8 heteroatoms. The molecule has 0 aliphatic carbocycles. The number of hydrogen-bond acceptors (Lipinski definition) is 7. The lowest BCUT2D eigenvalue weighted by Crippen LogP contribution is -2.54. The minimum atomic E-state index is -1.39. The van der Waals surface area contributed by atoms with Crippen molar-refractivity contribution < 1.29 is 34.3 Å². The van der Waals surface area contributed by atoms with E-state index in [1.165, 1.54) is 7.11 Å². The summed E-state index contributed by atoms with van der Waals surface area (Å²) in [5, 5.41) is 31.2. The van der Waals surface area contributed by atoms with Crippen LogP contribution in [-0.4, -0.2) is 66.3 Å². The molecule has 31 heavy (non-hydrogen) atoms. The van der Waals surface area contributed by atoms with Gasteiger partial charge in [0.2, 0.25) is 0 Å². The van der Waals surface area contributed by atoms with E-state index in [-0.39, 0.29) is 6.10 Å². The van der Waals surface area contributed by atoms with Crippen LogP contribution < -0.4 is 4.74 Å². The summed E-state index contributed by atoms with van der Waals surface area (Å²) in [5.74, 6) is 0.802. The first-order valence-corrected chi connectivity index (χ1v) is 10.7. The predicted molar refractivity (Wildman–Crippen MR) is 113 cm³/mol. The lowest BCUT2D eigenvalue weighted by atomic mass is 9.92. The van der Waals surface area contributed by atoms with Gasteiger partial charge in [-0.2, -0.15) is 0 Å². The van der Waals surface area contributed by atoms with Crippen LogP contribution in [0.15, 0.2) is 42.5 Å². The zero-order valence-corrected chi connectivity index (χ0v) is 17.9. The number of halogens is 1. The molecule has 0 aromatic heterocycles. The molecule has 2 saturated heterocycles. The summed E-state index contributed by atoms with van der Waals surface area (Å²) >= 11 is 6.42. The van der Waals surface area contributed by atoms with Gasteiger partial charge in [0.05, 0.1) is 13.2 Å². The van der Waals surface area contributed by atoms with Gasteiger partial charge in [0.25, 0.3) is 0 Å². The maximum Gasteiger partial charge on any atom is 0.186 e. The van der Waals surface area contributed by atoms with Crippen LogP contribution in [0.3, 0.4) is 0 Å². The van der Waals surface area contributed by atoms with Crippen LogP contribution in [0, 0.1) is 0 Å². The molecular formula is C23H27ClO7. The van der Waals surface area contributed by atoms with E-state index in [4.69, 9.17) is 30.5 Å². The molecule has 4 rings (SSSR count). The first-order valence-electron chi connectivity index (χ1n) is 10.3. The van der Waals surface area contributed by atoms with Crippen molar-refractivity contribution in [3.05, 3.63) is 64.2 Å². The van der Waals surface area contributed by atoms with Crippen molar-refractivity contribution >= 4 is 11.6 Å². The Morgan fingerprint density at radius 2 is 1.81 bits per heavy atom. The van der Waals surface area contributed by atoms with Crippen LogP contribution in [0.25, 0.3) is 0 Å². The summed E-state index contributed by atoms with van der Waals surface area (Å²) in [4.78, 5) is 0. The Hall–Kier alpha value is -1.71. The van der Waals surface area contributed by atoms with Crippen molar-refractivity contribution in [1.29, 1.82) is 0 Å². The maximum atomic E-state index is 10.4. The fourth-order valence-corrected chi connectivity index (χ4v) is 4.11. The Bertz CT molecular complexity index is 867. The van der Waals surface area contributed by atoms with E-state index in [9.17, 15) is 15.3 Å². The third-order valence-electron chi connectivity index (χ3n) is 5.71. The van der Waals surface area contributed by atoms with Gasteiger partial charge in [-0.1, -0.05) is 35.9 Å². The zero-order valence-electron chi connectivity index (χ0n) is 17.2. The van der Waals surface area contributed by atoms with Crippen LogP contribution in [-0.2, 0) is 20.6 Å². The maximum absolute atomic E-state index is 10.4.